The minimum atomic E-state index is -5.49. The predicted molar refractivity (Wildman–Crippen MR) is 329 cm³/mol. The van der Waals surface area contributed by atoms with Gasteiger partial charge in [0.25, 0.3) is 0 Å². The standard InChI is InChI=1S/C23H18F6O.C22H18BrF3.C15H16BFO2.C7H4Br2F2/c1-2-3-15-4-6-16(7-5-15)18-10-13-20(21(24)14-18)17-8-11-19(12-9-17)22(25,26)30-23(27,28)29;1-2-3-15-4-6-16(7-5-15)18-10-13-20(21(24)14-18)17-8-11-19(12-9-17)22(23,25)26;1-2-3-11-4-6-12(7-5-11)13-8-9-14(16(18)19)15(17)10-13;8-6-3-1-5(2-4-6)7(9,10)11/h4-14H,2-3H2,1H3;4-14H,2-3H2,1H3;4-10,18-19H,2-3H2,1H3;1-4H. The van der Waals surface area contributed by atoms with Crippen molar-refractivity contribution in [1.82, 2.24) is 0 Å². The molecule has 0 atom stereocenters. The molecule has 9 aromatic rings. The quantitative estimate of drug-likeness (QED) is 0.0576. The van der Waals surface area contributed by atoms with Gasteiger partial charge in [-0.3, -0.25) is 0 Å². The average Bonchev–Trinajstić information content (AvgIpc) is 1.89. The van der Waals surface area contributed by atoms with E-state index in [1.807, 2.05) is 66.7 Å². The molecule has 0 heterocycles. The van der Waals surface area contributed by atoms with E-state index in [9.17, 15) is 52.7 Å². The number of hydrogen-bond donors (Lipinski definition) is 2. The second-order valence-electron chi connectivity index (χ2n) is 19.6. The maximum absolute atomic E-state index is 14.7. The molecular formula is C67H56BBr3F12O3. The van der Waals surface area contributed by atoms with Crippen molar-refractivity contribution >= 4 is 60.4 Å². The first-order chi connectivity index (χ1) is 40.6. The van der Waals surface area contributed by atoms with E-state index < -0.39 is 46.5 Å². The van der Waals surface area contributed by atoms with Crippen LogP contribution >= 0.6 is 47.8 Å². The molecule has 0 unspecified atom stereocenters. The number of rotatable bonds is 16. The van der Waals surface area contributed by atoms with Gasteiger partial charge >= 0.3 is 29.3 Å². The van der Waals surface area contributed by atoms with Gasteiger partial charge in [-0.1, -0.05) is 214 Å². The Labute approximate surface area is 517 Å². The minimum absolute atomic E-state index is 0.0410. The van der Waals surface area contributed by atoms with Crippen LogP contribution in [0.15, 0.2) is 205 Å². The molecule has 450 valence electrons. The van der Waals surface area contributed by atoms with Gasteiger partial charge < -0.3 is 10.0 Å². The lowest BCUT2D eigenvalue weighted by molar-refractivity contribution is -0.431. The number of aryl methyl sites for hydroxylation is 3. The highest BCUT2D eigenvalue weighted by molar-refractivity contribution is 9.10. The average molecular weight is 1390 g/mol. The van der Waals surface area contributed by atoms with Crippen molar-refractivity contribution in [3.05, 3.63) is 255 Å². The van der Waals surface area contributed by atoms with E-state index in [0.29, 0.717) is 16.7 Å². The number of halogens is 15. The van der Waals surface area contributed by atoms with Crippen LogP contribution in [0.1, 0.15) is 73.4 Å². The number of hydrogen-bond acceptors (Lipinski definition) is 3. The molecule has 0 saturated heterocycles. The highest BCUT2D eigenvalue weighted by Gasteiger charge is 2.46. The lowest BCUT2D eigenvalue weighted by atomic mass is 9.79. The lowest BCUT2D eigenvalue weighted by Gasteiger charge is -2.18. The first kappa shape index (κ1) is 68.6. The molecule has 19 heteroatoms. The van der Waals surface area contributed by atoms with Gasteiger partial charge in [0.1, 0.15) is 17.5 Å². The second kappa shape index (κ2) is 30.9. The SMILES string of the molecule is CCCc1ccc(-c2ccc(-c3ccc(C(F)(F)Br)cc3)c(F)c2)cc1.CCCc1ccc(-c2ccc(-c3ccc(C(F)(F)OC(F)(F)F)cc3)c(F)c2)cc1.CCCc1ccc(-c2ccc(B(O)O)c(F)c2)cc1.FC(F)(Br)c1ccc(Br)cc1. The molecule has 2 N–H and O–H groups in total. The Kier molecular flexibility index (Phi) is 24.7. The summed E-state index contributed by atoms with van der Waals surface area (Å²) in [6, 6.07) is 53.1. The molecule has 9 rings (SSSR count). The fourth-order valence-corrected chi connectivity index (χ4v) is 9.55. The summed E-state index contributed by atoms with van der Waals surface area (Å²) >= 11 is 7.74. The normalized spacial score (nSPS) is 11.6. The maximum Gasteiger partial charge on any atom is 0.527 e. The molecule has 0 bridgehead atoms. The molecule has 0 radical (unpaired) electrons. The molecule has 0 aliphatic heterocycles. The third-order valence-electron chi connectivity index (χ3n) is 13.2. The van der Waals surface area contributed by atoms with Gasteiger partial charge in [-0.05, 0) is 155 Å². The first-order valence-electron chi connectivity index (χ1n) is 26.9. The molecule has 0 spiro atoms. The Hall–Kier alpha value is -6.48. The van der Waals surface area contributed by atoms with E-state index in [0.717, 1.165) is 95.1 Å². The summed E-state index contributed by atoms with van der Waals surface area (Å²) in [5.74, 6) is -1.56. The van der Waals surface area contributed by atoms with Gasteiger partial charge in [-0.25, -0.2) is 17.9 Å². The van der Waals surface area contributed by atoms with Crippen molar-refractivity contribution in [2.75, 3.05) is 0 Å². The van der Waals surface area contributed by atoms with E-state index in [1.54, 1.807) is 30.3 Å². The molecule has 0 fully saturated rings. The molecular weight excluding hydrogens is 1330 g/mol. The largest absolute Gasteiger partial charge is 0.527 e. The lowest BCUT2D eigenvalue weighted by Crippen LogP contribution is -2.32. The number of benzene rings is 9. The van der Waals surface area contributed by atoms with Crippen molar-refractivity contribution < 1.29 is 67.5 Å². The van der Waals surface area contributed by atoms with Gasteiger partial charge in [0, 0.05) is 32.2 Å². The molecule has 9 aromatic carbocycles. The molecule has 86 heavy (non-hydrogen) atoms. The summed E-state index contributed by atoms with van der Waals surface area (Å²) in [5, 5.41) is 18.0. The molecule has 0 amide bonds. The number of ether oxygens (including phenoxy) is 1. The van der Waals surface area contributed by atoms with E-state index in [4.69, 9.17) is 10.0 Å². The Morgan fingerprint density at radius 1 is 0.372 bits per heavy atom. The summed E-state index contributed by atoms with van der Waals surface area (Å²) < 4.78 is 161. The van der Waals surface area contributed by atoms with Crippen LogP contribution in [0.3, 0.4) is 0 Å². The predicted octanol–water partition coefficient (Wildman–Crippen LogP) is 21.3. The van der Waals surface area contributed by atoms with Crippen molar-refractivity contribution in [2.24, 2.45) is 0 Å². The fraction of sp³-hybridized carbons (Fsp3) is 0.194. The van der Waals surface area contributed by atoms with Gasteiger partial charge in [0.05, 0.1) is 5.56 Å². The summed E-state index contributed by atoms with van der Waals surface area (Å²) in [5.41, 5.74) is 8.64. The maximum atomic E-state index is 14.7. The third kappa shape index (κ3) is 20.3. The zero-order valence-corrected chi connectivity index (χ0v) is 51.1. The highest BCUT2D eigenvalue weighted by Crippen LogP contribution is 2.39. The van der Waals surface area contributed by atoms with Crippen LogP contribution < -0.4 is 5.46 Å². The van der Waals surface area contributed by atoms with Gasteiger partial charge in [0.15, 0.2) is 0 Å². The second-order valence-corrected chi connectivity index (χ2v) is 22.5. The van der Waals surface area contributed by atoms with Crippen molar-refractivity contribution in [1.29, 1.82) is 0 Å². The van der Waals surface area contributed by atoms with Crippen molar-refractivity contribution in [3.8, 4) is 55.6 Å². The Bertz CT molecular complexity index is 3580. The number of alkyl halides is 11. The summed E-state index contributed by atoms with van der Waals surface area (Å²) in [6.07, 6.45) is -3.81. The smallest absolute Gasteiger partial charge is 0.423 e. The van der Waals surface area contributed by atoms with Gasteiger partial charge in [-0.15, -0.1) is 13.2 Å². The Morgan fingerprint density at radius 2 is 0.663 bits per heavy atom. The molecule has 0 saturated carbocycles. The molecule has 3 nitrogen and oxygen atoms in total. The highest BCUT2D eigenvalue weighted by atomic mass is 79.9. The monoisotopic (exact) mass is 1380 g/mol. The summed E-state index contributed by atoms with van der Waals surface area (Å²) in [4.78, 5) is -6.01. The van der Waals surface area contributed by atoms with Crippen LogP contribution in [-0.4, -0.2) is 23.5 Å². The zero-order chi connectivity index (χ0) is 63.0. The zero-order valence-electron chi connectivity index (χ0n) is 46.3. The van der Waals surface area contributed by atoms with Crippen LogP contribution in [0.5, 0.6) is 0 Å². The van der Waals surface area contributed by atoms with E-state index >= 15 is 0 Å². The van der Waals surface area contributed by atoms with Crippen LogP contribution in [0, 0.1) is 17.5 Å². The Morgan fingerprint density at radius 3 is 0.953 bits per heavy atom. The van der Waals surface area contributed by atoms with Crippen LogP contribution in [-0.2, 0) is 39.8 Å². The van der Waals surface area contributed by atoms with Gasteiger partial charge in [-0.2, -0.15) is 26.3 Å². The van der Waals surface area contributed by atoms with Crippen LogP contribution in [0.25, 0.3) is 55.6 Å². The van der Waals surface area contributed by atoms with E-state index in [2.05, 4.69) is 85.4 Å². The first-order valence-corrected chi connectivity index (χ1v) is 29.3. The Balaban J connectivity index is 0.000000193. The van der Waals surface area contributed by atoms with Crippen molar-refractivity contribution in [2.45, 2.75) is 81.4 Å². The van der Waals surface area contributed by atoms with Gasteiger partial charge in [0.2, 0.25) is 0 Å². The van der Waals surface area contributed by atoms with Crippen LogP contribution in [0.2, 0.25) is 0 Å². The van der Waals surface area contributed by atoms with E-state index in [1.165, 1.54) is 83.4 Å². The van der Waals surface area contributed by atoms with E-state index in [-0.39, 0.29) is 33.5 Å². The summed E-state index contributed by atoms with van der Waals surface area (Å²) in [7, 11) is -1.78. The minimum Gasteiger partial charge on any atom is -0.423 e. The van der Waals surface area contributed by atoms with Crippen molar-refractivity contribution in [3.63, 3.8) is 0 Å². The molecule has 0 aliphatic rings. The topological polar surface area (TPSA) is 49.7 Å². The molecule has 0 aliphatic carbocycles. The van der Waals surface area contributed by atoms with Crippen LogP contribution in [0.4, 0.5) is 52.7 Å². The summed E-state index contributed by atoms with van der Waals surface area (Å²) in [6.45, 7) is 6.34. The third-order valence-corrected chi connectivity index (χ3v) is 14.6. The fourth-order valence-electron chi connectivity index (χ4n) is 8.76. The molecule has 0 aromatic heterocycles.